The predicted octanol–water partition coefficient (Wildman–Crippen LogP) is 4.30. The number of nitrogens with zero attached hydrogens (tertiary/aromatic N) is 1. The van der Waals surface area contributed by atoms with E-state index in [0.717, 1.165) is 35.2 Å². The number of aromatic nitrogens is 1. The number of hydrogen-bond acceptors (Lipinski definition) is 3. The van der Waals surface area contributed by atoms with Gasteiger partial charge in [0.2, 0.25) is 0 Å². The molecule has 0 spiro atoms. The molecule has 0 aliphatic heterocycles. The predicted molar refractivity (Wildman–Crippen MR) is 102 cm³/mol. The van der Waals surface area contributed by atoms with Gasteiger partial charge in [0.15, 0.2) is 6.10 Å². The molecule has 1 N–H and O–H groups in total. The Kier molecular flexibility index (Phi) is 5.63. The van der Waals surface area contributed by atoms with Crippen LogP contribution in [0.4, 0.5) is 14.5 Å². The van der Waals surface area contributed by atoms with Crippen LogP contribution in [0.3, 0.4) is 0 Å². The molecule has 0 bridgehead atoms. The van der Waals surface area contributed by atoms with E-state index in [1.54, 1.807) is 6.08 Å². The number of carbonyl (C=O) groups excluding carboxylic acids is 2. The van der Waals surface area contributed by atoms with Crippen molar-refractivity contribution in [2.75, 3.05) is 5.32 Å². The lowest BCUT2D eigenvalue weighted by atomic mass is 10.2. The van der Waals surface area contributed by atoms with Gasteiger partial charge in [0, 0.05) is 29.6 Å². The van der Waals surface area contributed by atoms with Crippen LogP contribution >= 0.6 is 0 Å². The van der Waals surface area contributed by atoms with Crippen LogP contribution in [-0.4, -0.2) is 22.5 Å². The Hall–Kier alpha value is -2.96. The molecular formula is C21H22F2N2O3. The Balaban J connectivity index is 1.59. The fourth-order valence-corrected chi connectivity index (χ4v) is 3.12. The Bertz CT molecular complexity index is 945. The standard InChI is InChI=1S/C21H22F2N2O3/c1-12-10-15(13(2)25(12)17-6-7-17)4-9-20(26)28-14(3)21(27)24-19-11-16(22)5-8-18(19)23/h4-5,8-11,14,17H,6-7H2,1-3H3,(H,24,27)/b9-4+/t14-/m1/s1. The quantitative estimate of drug-likeness (QED) is 0.593. The minimum atomic E-state index is -1.17. The Morgan fingerprint density at radius 2 is 1.96 bits per heavy atom. The molecule has 148 valence electrons. The SMILES string of the molecule is Cc1cc(/C=C/C(=O)O[C@H](C)C(=O)Nc2cc(F)ccc2F)c(C)n1C1CC1. The van der Waals surface area contributed by atoms with Gasteiger partial charge in [-0.25, -0.2) is 13.6 Å². The van der Waals surface area contributed by atoms with Crippen molar-refractivity contribution < 1.29 is 23.1 Å². The number of anilines is 1. The third-order valence-electron chi connectivity index (χ3n) is 4.68. The first-order valence-electron chi connectivity index (χ1n) is 9.09. The average Bonchev–Trinajstić information content (AvgIpc) is 3.42. The number of amides is 1. The van der Waals surface area contributed by atoms with E-state index in [-0.39, 0.29) is 5.69 Å². The fraction of sp³-hybridized carbons (Fsp3) is 0.333. The minimum Gasteiger partial charge on any atom is -0.449 e. The number of halogens is 2. The summed E-state index contributed by atoms with van der Waals surface area (Å²) in [6.45, 7) is 5.39. The summed E-state index contributed by atoms with van der Waals surface area (Å²) in [5, 5.41) is 2.21. The summed E-state index contributed by atoms with van der Waals surface area (Å²) in [5.41, 5.74) is 2.82. The first-order valence-corrected chi connectivity index (χ1v) is 9.09. The normalized spacial score (nSPS) is 14.9. The molecular weight excluding hydrogens is 366 g/mol. The number of nitrogens with one attached hydrogen (secondary N) is 1. The van der Waals surface area contributed by atoms with Crippen molar-refractivity contribution in [2.24, 2.45) is 0 Å². The van der Waals surface area contributed by atoms with Gasteiger partial charge in [-0.2, -0.15) is 0 Å². The fourth-order valence-electron chi connectivity index (χ4n) is 3.12. The van der Waals surface area contributed by atoms with Crippen LogP contribution in [0.2, 0.25) is 0 Å². The second-order valence-electron chi connectivity index (χ2n) is 6.95. The van der Waals surface area contributed by atoms with E-state index in [2.05, 4.69) is 9.88 Å². The highest BCUT2D eigenvalue weighted by atomic mass is 19.1. The summed E-state index contributed by atoms with van der Waals surface area (Å²) in [4.78, 5) is 24.1. The zero-order chi connectivity index (χ0) is 20.4. The van der Waals surface area contributed by atoms with Gasteiger partial charge in [-0.05, 0) is 63.5 Å². The highest BCUT2D eigenvalue weighted by Crippen LogP contribution is 2.38. The molecule has 1 fully saturated rings. The first-order chi connectivity index (χ1) is 13.3. The minimum absolute atomic E-state index is 0.309. The number of esters is 1. The molecule has 2 aromatic rings. The van der Waals surface area contributed by atoms with E-state index in [9.17, 15) is 18.4 Å². The maximum Gasteiger partial charge on any atom is 0.331 e. The van der Waals surface area contributed by atoms with E-state index in [1.165, 1.54) is 25.8 Å². The van der Waals surface area contributed by atoms with Crippen LogP contribution in [0.5, 0.6) is 0 Å². The number of ether oxygens (including phenoxy) is 1. The Morgan fingerprint density at radius 3 is 2.64 bits per heavy atom. The summed E-state index contributed by atoms with van der Waals surface area (Å²) < 4.78 is 34.1. The Morgan fingerprint density at radius 1 is 1.25 bits per heavy atom. The molecule has 0 unspecified atom stereocenters. The average molecular weight is 388 g/mol. The van der Waals surface area contributed by atoms with Crippen LogP contribution in [0.1, 0.15) is 42.8 Å². The van der Waals surface area contributed by atoms with Gasteiger partial charge < -0.3 is 14.6 Å². The van der Waals surface area contributed by atoms with Crippen molar-refractivity contribution in [3.63, 3.8) is 0 Å². The molecule has 1 amide bonds. The number of carbonyl (C=O) groups is 2. The molecule has 1 aliphatic carbocycles. The molecule has 1 saturated carbocycles. The lowest BCUT2D eigenvalue weighted by molar-refractivity contribution is -0.148. The molecule has 28 heavy (non-hydrogen) atoms. The molecule has 1 heterocycles. The van der Waals surface area contributed by atoms with Crippen molar-refractivity contribution in [3.8, 4) is 0 Å². The zero-order valence-electron chi connectivity index (χ0n) is 16.0. The van der Waals surface area contributed by atoms with Crippen molar-refractivity contribution in [1.82, 2.24) is 4.57 Å². The van der Waals surface area contributed by atoms with E-state index < -0.39 is 29.6 Å². The van der Waals surface area contributed by atoms with E-state index in [0.29, 0.717) is 6.04 Å². The lowest BCUT2D eigenvalue weighted by Crippen LogP contribution is -2.29. The largest absolute Gasteiger partial charge is 0.449 e. The monoisotopic (exact) mass is 388 g/mol. The van der Waals surface area contributed by atoms with Crippen molar-refractivity contribution >= 4 is 23.6 Å². The highest BCUT2D eigenvalue weighted by molar-refractivity contribution is 5.96. The number of hydrogen-bond donors (Lipinski definition) is 1. The molecule has 1 aromatic carbocycles. The Labute approximate surface area is 162 Å². The van der Waals surface area contributed by atoms with Crippen LogP contribution in [0.25, 0.3) is 6.08 Å². The second kappa shape index (κ2) is 7.96. The van der Waals surface area contributed by atoms with Crippen LogP contribution in [-0.2, 0) is 14.3 Å². The van der Waals surface area contributed by atoms with Gasteiger partial charge in [0.1, 0.15) is 11.6 Å². The third kappa shape index (κ3) is 4.47. The number of benzene rings is 1. The second-order valence-corrected chi connectivity index (χ2v) is 6.95. The first kappa shape index (κ1) is 19.8. The lowest BCUT2D eigenvalue weighted by Gasteiger charge is -2.13. The van der Waals surface area contributed by atoms with Crippen LogP contribution < -0.4 is 5.32 Å². The molecule has 0 saturated heterocycles. The van der Waals surface area contributed by atoms with Crippen LogP contribution in [0.15, 0.2) is 30.3 Å². The molecule has 7 heteroatoms. The zero-order valence-corrected chi connectivity index (χ0v) is 16.0. The summed E-state index contributed by atoms with van der Waals surface area (Å²) in [5.74, 6) is -2.91. The van der Waals surface area contributed by atoms with Gasteiger partial charge >= 0.3 is 5.97 Å². The van der Waals surface area contributed by atoms with Crippen molar-refractivity contribution in [3.05, 3.63) is 58.9 Å². The smallest absolute Gasteiger partial charge is 0.331 e. The van der Waals surface area contributed by atoms with Gasteiger partial charge in [-0.15, -0.1) is 0 Å². The van der Waals surface area contributed by atoms with Gasteiger partial charge in [-0.3, -0.25) is 4.79 Å². The highest BCUT2D eigenvalue weighted by Gasteiger charge is 2.26. The molecule has 1 aliphatic rings. The molecule has 3 rings (SSSR count). The third-order valence-corrected chi connectivity index (χ3v) is 4.68. The van der Waals surface area contributed by atoms with Crippen molar-refractivity contribution in [2.45, 2.75) is 45.8 Å². The van der Waals surface area contributed by atoms with E-state index in [4.69, 9.17) is 4.74 Å². The van der Waals surface area contributed by atoms with E-state index in [1.807, 2.05) is 19.9 Å². The number of aryl methyl sites for hydroxylation is 1. The summed E-state index contributed by atoms with van der Waals surface area (Å²) in [6, 6.07) is 5.25. The van der Waals surface area contributed by atoms with Gasteiger partial charge in [0.05, 0.1) is 5.69 Å². The van der Waals surface area contributed by atoms with Crippen molar-refractivity contribution in [1.29, 1.82) is 0 Å². The molecule has 1 atom stereocenters. The summed E-state index contributed by atoms with van der Waals surface area (Å²) in [6.07, 6.45) is 4.07. The molecule has 1 aromatic heterocycles. The number of rotatable bonds is 6. The topological polar surface area (TPSA) is 60.3 Å². The van der Waals surface area contributed by atoms with E-state index >= 15 is 0 Å². The molecule has 0 radical (unpaired) electrons. The van der Waals surface area contributed by atoms with Gasteiger partial charge in [0.25, 0.3) is 5.91 Å². The maximum atomic E-state index is 13.6. The van der Waals surface area contributed by atoms with Gasteiger partial charge in [-0.1, -0.05) is 0 Å². The summed E-state index contributed by atoms with van der Waals surface area (Å²) in [7, 11) is 0. The summed E-state index contributed by atoms with van der Waals surface area (Å²) >= 11 is 0. The molecule has 5 nitrogen and oxygen atoms in total. The van der Waals surface area contributed by atoms with Crippen LogP contribution in [0, 0.1) is 25.5 Å². The maximum absolute atomic E-state index is 13.6.